The van der Waals surface area contributed by atoms with Crippen molar-refractivity contribution in [2.24, 2.45) is 17.8 Å². The first-order chi connectivity index (χ1) is 8.91. The zero-order chi connectivity index (χ0) is 14.4. The second-order valence-corrected chi connectivity index (χ2v) is 5.85. The number of carboxylic acids is 1. The lowest BCUT2D eigenvalue weighted by Gasteiger charge is -2.22. The van der Waals surface area contributed by atoms with Gasteiger partial charge in [-0.05, 0) is 31.1 Å². The number of amides is 2. The fourth-order valence-corrected chi connectivity index (χ4v) is 2.43. The van der Waals surface area contributed by atoms with Crippen LogP contribution in [0.3, 0.4) is 0 Å². The van der Waals surface area contributed by atoms with Crippen molar-refractivity contribution in [1.29, 1.82) is 0 Å². The number of carboxylic acid groups (broad SMARTS) is 1. The van der Waals surface area contributed by atoms with Crippen LogP contribution in [-0.2, 0) is 4.79 Å². The minimum atomic E-state index is -0.879. The van der Waals surface area contributed by atoms with Crippen LogP contribution in [0.5, 0.6) is 0 Å². The van der Waals surface area contributed by atoms with Crippen molar-refractivity contribution in [3.8, 4) is 0 Å². The van der Waals surface area contributed by atoms with Crippen LogP contribution in [0.2, 0.25) is 0 Å². The molecule has 0 aromatic heterocycles. The Bertz CT molecular complexity index is 318. The van der Waals surface area contributed by atoms with Gasteiger partial charge in [-0.15, -0.1) is 0 Å². The highest BCUT2D eigenvalue weighted by Gasteiger charge is 2.22. The van der Waals surface area contributed by atoms with Gasteiger partial charge in [-0.2, -0.15) is 0 Å². The van der Waals surface area contributed by atoms with E-state index in [0.29, 0.717) is 11.8 Å². The molecule has 1 saturated heterocycles. The molecule has 5 nitrogen and oxygen atoms in total. The van der Waals surface area contributed by atoms with E-state index in [-0.39, 0.29) is 12.6 Å². The lowest BCUT2D eigenvalue weighted by molar-refractivity contribution is -0.140. The lowest BCUT2D eigenvalue weighted by atomic mass is 9.89. The van der Waals surface area contributed by atoms with Gasteiger partial charge in [0.15, 0.2) is 0 Å². The molecule has 2 atom stereocenters. The molecule has 1 heterocycles. The summed E-state index contributed by atoms with van der Waals surface area (Å²) in [5.41, 5.74) is 0. The van der Waals surface area contributed by atoms with Crippen LogP contribution >= 0.6 is 0 Å². The van der Waals surface area contributed by atoms with Crippen molar-refractivity contribution >= 4 is 12.0 Å². The summed E-state index contributed by atoms with van der Waals surface area (Å²) < 4.78 is 0. The number of carbonyl (C=O) groups is 2. The van der Waals surface area contributed by atoms with Gasteiger partial charge in [0.05, 0.1) is 5.92 Å². The fourth-order valence-electron chi connectivity index (χ4n) is 2.43. The van der Waals surface area contributed by atoms with Gasteiger partial charge in [-0.25, -0.2) is 4.79 Å². The highest BCUT2D eigenvalue weighted by molar-refractivity contribution is 5.75. The number of rotatable bonds is 4. The normalized spacial score (nSPS) is 21.9. The van der Waals surface area contributed by atoms with Crippen molar-refractivity contribution in [3.05, 3.63) is 0 Å². The molecule has 0 bridgehead atoms. The molecule has 0 aliphatic carbocycles. The van der Waals surface area contributed by atoms with E-state index in [1.54, 1.807) is 6.92 Å². The van der Waals surface area contributed by atoms with Crippen LogP contribution < -0.4 is 5.32 Å². The number of aliphatic carboxylic acids is 1. The number of likely N-dealkylation sites (tertiary alicyclic amines) is 1. The van der Waals surface area contributed by atoms with Gasteiger partial charge in [0.1, 0.15) is 0 Å². The van der Waals surface area contributed by atoms with E-state index in [1.165, 1.54) is 6.42 Å². The Morgan fingerprint density at radius 2 is 1.95 bits per heavy atom. The van der Waals surface area contributed by atoms with Crippen molar-refractivity contribution < 1.29 is 14.7 Å². The monoisotopic (exact) mass is 270 g/mol. The Morgan fingerprint density at radius 1 is 1.26 bits per heavy atom. The molecule has 0 aromatic carbocycles. The molecule has 2 N–H and O–H groups in total. The first kappa shape index (κ1) is 15.8. The molecular weight excluding hydrogens is 244 g/mol. The highest BCUT2D eigenvalue weighted by atomic mass is 16.4. The summed E-state index contributed by atoms with van der Waals surface area (Å²) in [7, 11) is 0. The van der Waals surface area contributed by atoms with Crippen molar-refractivity contribution in [3.63, 3.8) is 0 Å². The second kappa shape index (κ2) is 7.36. The molecule has 19 heavy (non-hydrogen) atoms. The average molecular weight is 270 g/mol. The van der Waals surface area contributed by atoms with E-state index in [4.69, 9.17) is 5.11 Å². The number of urea groups is 1. The lowest BCUT2D eigenvalue weighted by Crippen LogP contribution is -2.43. The topological polar surface area (TPSA) is 69.6 Å². The third-order valence-corrected chi connectivity index (χ3v) is 3.98. The van der Waals surface area contributed by atoms with E-state index < -0.39 is 11.9 Å². The van der Waals surface area contributed by atoms with Gasteiger partial charge in [0, 0.05) is 19.6 Å². The Kier molecular flexibility index (Phi) is 6.12. The quantitative estimate of drug-likeness (QED) is 0.822. The summed E-state index contributed by atoms with van der Waals surface area (Å²) in [6, 6.07) is -0.127. The van der Waals surface area contributed by atoms with Gasteiger partial charge < -0.3 is 15.3 Å². The summed E-state index contributed by atoms with van der Waals surface area (Å²) in [6.45, 7) is 7.80. The fraction of sp³-hybridized carbons (Fsp3) is 0.857. The average Bonchev–Trinajstić information content (AvgIpc) is 2.60. The Hall–Kier alpha value is -1.26. The number of hydrogen-bond acceptors (Lipinski definition) is 2. The second-order valence-electron chi connectivity index (χ2n) is 5.85. The summed E-state index contributed by atoms with van der Waals surface area (Å²) in [6.07, 6.45) is 3.25. The van der Waals surface area contributed by atoms with Gasteiger partial charge in [0.25, 0.3) is 0 Å². The van der Waals surface area contributed by atoms with Crippen molar-refractivity contribution in [2.45, 2.75) is 40.0 Å². The smallest absolute Gasteiger partial charge is 0.317 e. The van der Waals surface area contributed by atoms with Crippen LogP contribution in [0.15, 0.2) is 0 Å². The Labute approximate surface area is 115 Å². The molecule has 0 spiro atoms. The van der Waals surface area contributed by atoms with Gasteiger partial charge in [0.2, 0.25) is 0 Å². The summed E-state index contributed by atoms with van der Waals surface area (Å²) >= 11 is 0. The zero-order valence-corrected chi connectivity index (χ0v) is 12.2. The number of nitrogens with one attached hydrogen (secondary N) is 1. The third kappa shape index (κ3) is 5.09. The summed E-state index contributed by atoms with van der Waals surface area (Å²) in [4.78, 5) is 24.5. The van der Waals surface area contributed by atoms with Crippen LogP contribution in [0.1, 0.15) is 40.0 Å². The third-order valence-electron chi connectivity index (χ3n) is 3.98. The molecule has 1 aliphatic heterocycles. The van der Waals surface area contributed by atoms with Crippen LogP contribution in [0.25, 0.3) is 0 Å². The molecule has 110 valence electrons. The van der Waals surface area contributed by atoms with Crippen molar-refractivity contribution in [1.82, 2.24) is 10.2 Å². The molecule has 2 unspecified atom stereocenters. The van der Waals surface area contributed by atoms with Crippen LogP contribution in [0, 0.1) is 17.8 Å². The maximum absolute atomic E-state index is 12.0. The highest BCUT2D eigenvalue weighted by Crippen LogP contribution is 2.24. The number of nitrogens with zero attached hydrogens (tertiary/aromatic N) is 1. The van der Waals surface area contributed by atoms with E-state index in [0.717, 1.165) is 25.9 Å². The molecular formula is C14H26N2O3. The molecule has 1 fully saturated rings. The minimum Gasteiger partial charge on any atom is -0.481 e. The van der Waals surface area contributed by atoms with Crippen molar-refractivity contribution in [2.75, 3.05) is 19.6 Å². The van der Waals surface area contributed by atoms with E-state index in [9.17, 15) is 9.59 Å². The SMILES string of the molecule is CC(CNC(=O)N1CCCC(C(C)C)CC1)C(=O)O. The maximum Gasteiger partial charge on any atom is 0.317 e. The molecule has 5 heteroatoms. The number of carbonyl (C=O) groups excluding carboxylic acids is 1. The summed E-state index contributed by atoms with van der Waals surface area (Å²) in [5, 5.41) is 11.5. The van der Waals surface area contributed by atoms with E-state index >= 15 is 0 Å². The molecule has 1 aliphatic rings. The van der Waals surface area contributed by atoms with Gasteiger partial charge in [-0.3, -0.25) is 4.79 Å². The van der Waals surface area contributed by atoms with Crippen LogP contribution in [-0.4, -0.2) is 41.6 Å². The molecule has 0 saturated carbocycles. The zero-order valence-electron chi connectivity index (χ0n) is 12.2. The van der Waals surface area contributed by atoms with Gasteiger partial charge in [-0.1, -0.05) is 20.8 Å². The maximum atomic E-state index is 12.0. The number of hydrogen-bond donors (Lipinski definition) is 2. The predicted octanol–water partition coefficient (Wildman–Crippen LogP) is 2.17. The molecule has 0 aromatic rings. The van der Waals surface area contributed by atoms with Gasteiger partial charge >= 0.3 is 12.0 Å². The first-order valence-electron chi connectivity index (χ1n) is 7.17. The molecule has 0 radical (unpaired) electrons. The summed E-state index contributed by atoms with van der Waals surface area (Å²) in [5.74, 6) is -0.0684. The van der Waals surface area contributed by atoms with E-state index in [2.05, 4.69) is 19.2 Å². The Morgan fingerprint density at radius 3 is 2.53 bits per heavy atom. The van der Waals surface area contributed by atoms with Crippen LogP contribution in [0.4, 0.5) is 4.79 Å². The minimum absolute atomic E-state index is 0.127. The molecule has 2 amide bonds. The first-order valence-corrected chi connectivity index (χ1v) is 7.17. The Balaban J connectivity index is 2.39. The largest absolute Gasteiger partial charge is 0.481 e. The van der Waals surface area contributed by atoms with E-state index in [1.807, 2.05) is 4.90 Å². The predicted molar refractivity (Wildman–Crippen MR) is 74.0 cm³/mol. The molecule has 1 rings (SSSR count). The standard InChI is InChI=1S/C14H26N2O3/c1-10(2)12-5-4-7-16(8-6-12)14(19)15-9-11(3)13(17)18/h10-12H,4-9H2,1-3H3,(H,15,19)(H,17,18).